The van der Waals surface area contributed by atoms with Gasteiger partial charge in [-0.2, -0.15) is 0 Å². The molecule has 0 N–H and O–H groups in total. The fraction of sp³-hybridized carbons (Fsp3) is 0.125. The van der Waals surface area contributed by atoms with Gasteiger partial charge in [0, 0.05) is 12.5 Å². The molecule has 1 unspecified atom stereocenters. The van der Waals surface area contributed by atoms with Crippen LogP contribution >= 0.6 is 0 Å². The monoisotopic (exact) mass is 537 g/mol. The first-order chi connectivity index (χ1) is 18.8. The van der Waals surface area contributed by atoms with Gasteiger partial charge in [0.05, 0.1) is 23.1 Å². The third kappa shape index (κ3) is 5.01. The van der Waals surface area contributed by atoms with Crippen molar-refractivity contribution in [1.82, 2.24) is 4.31 Å². The van der Waals surface area contributed by atoms with E-state index in [-0.39, 0.29) is 11.4 Å². The van der Waals surface area contributed by atoms with Gasteiger partial charge in [0.15, 0.2) is 0 Å². The molecule has 0 spiro atoms. The number of carbonyl (C=O) groups excluding carboxylic acids is 2. The zero-order valence-electron chi connectivity index (χ0n) is 21.6. The minimum atomic E-state index is -4.17. The van der Waals surface area contributed by atoms with Gasteiger partial charge in [0.25, 0.3) is 15.9 Å². The number of benzene rings is 4. The molecule has 4 aromatic carbocycles. The molecule has 0 aromatic heterocycles. The van der Waals surface area contributed by atoms with Gasteiger partial charge in [-0.05, 0) is 53.5 Å². The van der Waals surface area contributed by atoms with E-state index in [9.17, 15) is 18.0 Å². The molecule has 0 fully saturated rings. The van der Waals surface area contributed by atoms with Crippen molar-refractivity contribution in [2.45, 2.75) is 17.7 Å². The lowest BCUT2D eigenvalue weighted by molar-refractivity contribution is -0.121. The molecule has 196 valence electrons. The van der Waals surface area contributed by atoms with Crippen LogP contribution in [0.25, 0.3) is 11.1 Å². The maximum atomic E-state index is 14.2. The normalized spacial score (nSPS) is 15.8. The van der Waals surface area contributed by atoms with Crippen molar-refractivity contribution >= 4 is 33.0 Å². The molecule has 4 aromatic rings. The number of rotatable bonds is 6. The van der Waals surface area contributed by atoms with Crippen LogP contribution in [0.15, 0.2) is 114 Å². The van der Waals surface area contributed by atoms with Gasteiger partial charge in [-0.3, -0.25) is 4.79 Å². The summed E-state index contributed by atoms with van der Waals surface area (Å²) in [5, 5.41) is 0. The summed E-state index contributed by atoms with van der Waals surface area (Å²) in [5.74, 6) is -1.54. The van der Waals surface area contributed by atoms with Crippen LogP contribution in [-0.4, -0.2) is 38.3 Å². The number of esters is 1. The van der Waals surface area contributed by atoms with E-state index < -0.39 is 27.8 Å². The lowest BCUT2D eigenvalue weighted by Gasteiger charge is -2.36. The molecule has 0 bridgehead atoms. The highest BCUT2D eigenvalue weighted by Gasteiger charge is 2.41. The van der Waals surface area contributed by atoms with E-state index in [1.165, 1.54) is 19.2 Å². The quantitative estimate of drug-likeness (QED) is 0.295. The largest absolute Gasteiger partial charge is 0.465 e. The van der Waals surface area contributed by atoms with E-state index >= 15 is 0 Å². The van der Waals surface area contributed by atoms with Crippen LogP contribution in [0.1, 0.15) is 38.5 Å². The van der Waals surface area contributed by atoms with Crippen molar-refractivity contribution in [1.29, 1.82) is 0 Å². The van der Waals surface area contributed by atoms with E-state index in [1.807, 2.05) is 67.6 Å². The van der Waals surface area contributed by atoms with E-state index in [1.54, 1.807) is 36.4 Å². The standard InChI is InChI=1S/C32H27NO5S/c1-22-13-19-27(20-14-22)39(36,37)33-21-28(23-15-17-26(18-16-23)32(35)38-2)29(24-9-5-3-6-10-24)30(31(33)34)25-11-7-4-8-12-25/h3-20,28H,21H2,1-2H3. The SMILES string of the molecule is COC(=O)c1ccc(C2CN(S(=O)(=O)c3ccc(C)cc3)C(=O)C(c3ccccc3)=C2c2ccccc2)cc1. The highest BCUT2D eigenvalue weighted by molar-refractivity contribution is 7.89. The molecule has 1 aliphatic heterocycles. The Morgan fingerprint density at radius 3 is 1.92 bits per heavy atom. The maximum absolute atomic E-state index is 14.2. The van der Waals surface area contributed by atoms with Crippen LogP contribution in [0.5, 0.6) is 0 Å². The summed E-state index contributed by atoms with van der Waals surface area (Å²) in [5.41, 5.74) is 4.57. The first-order valence-corrected chi connectivity index (χ1v) is 13.9. The average Bonchev–Trinajstić information content (AvgIpc) is 2.97. The Kier molecular flexibility index (Phi) is 7.17. The second kappa shape index (κ2) is 10.7. The zero-order valence-corrected chi connectivity index (χ0v) is 22.4. The summed E-state index contributed by atoms with van der Waals surface area (Å²) in [6.07, 6.45) is 0. The molecule has 7 heteroatoms. The highest BCUT2D eigenvalue weighted by Crippen LogP contribution is 2.44. The second-order valence-electron chi connectivity index (χ2n) is 9.34. The second-order valence-corrected chi connectivity index (χ2v) is 11.2. The van der Waals surface area contributed by atoms with Gasteiger partial charge in [-0.1, -0.05) is 90.5 Å². The Balaban J connectivity index is 1.75. The van der Waals surface area contributed by atoms with E-state index in [2.05, 4.69) is 0 Å². The smallest absolute Gasteiger partial charge is 0.337 e. The first-order valence-electron chi connectivity index (χ1n) is 12.5. The number of hydrogen-bond acceptors (Lipinski definition) is 5. The Labute approximate surface area is 228 Å². The fourth-order valence-electron chi connectivity index (χ4n) is 4.89. The fourth-order valence-corrected chi connectivity index (χ4v) is 6.28. The Bertz CT molecular complexity index is 1640. The number of amides is 1. The number of carbonyl (C=O) groups is 2. The highest BCUT2D eigenvalue weighted by atomic mass is 32.2. The minimum Gasteiger partial charge on any atom is -0.465 e. The predicted octanol–water partition coefficient (Wildman–Crippen LogP) is 5.71. The number of nitrogens with zero attached hydrogens (tertiary/aromatic N) is 1. The van der Waals surface area contributed by atoms with Crippen molar-refractivity contribution in [2.75, 3.05) is 13.7 Å². The van der Waals surface area contributed by atoms with Gasteiger partial charge in [-0.25, -0.2) is 17.5 Å². The first kappa shape index (κ1) is 26.1. The molecule has 1 atom stereocenters. The van der Waals surface area contributed by atoms with Crippen LogP contribution in [-0.2, 0) is 19.6 Å². The minimum absolute atomic E-state index is 0.0526. The molecular weight excluding hydrogens is 510 g/mol. The number of sulfonamides is 1. The maximum Gasteiger partial charge on any atom is 0.337 e. The molecule has 1 aliphatic rings. The summed E-state index contributed by atoms with van der Waals surface area (Å²) in [6, 6.07) is 32.0. The topological polar surface area (TPSA) is 80.8 Å². The van der Waals surface area contributed by atoms with Crippen molar-refractivity contribution in [3.8, 4) is 0 Å². The summed E-state index contributed by atoms with van der Waals surface area (Å²) >= 11 is 0. The van der Waals surface area contributed by atoms with Gasteiger partial charge in [0.1, 0.15) is 0 Å². The van der Waals surface area contributed by atoms with Crippen LogP contribution in [0.3, 0.4) is 0 Å². The molecule has 0 saturated heterocycles. The molecule has 0 saturated carbocycles. The summed E-state index contributed by atoms with van der Waals surface area (Å²) < 4.78 is 33.6. The molecule has 5 rings (SSSR count). The Morgan fingerprint density at radius 2 is 1.36 bits per heavy atom. The third-order valence-electron chi connectivity index (χ3n) is 6.90. The number of hydrogen-bond donors (Lipinski definition) is 0. The van der Waals surface area contributed by atoms with Crippen molar-refractivity contribution < 1.29 is 22.7 Å². The number of methoxy groups -OCH3 is 1. The van der Waals surface area contributed by atoms with Crippen LogP contribution < -0.4 is 0 Å². The molecule has 1 heterocycles. The zero-order chi connectivity index (χ0) is 27.6. The molecular formula is C32H27NO5S. The van der Waals surface area contributed by atoms with Gasteiger partial charge in [0.2, 0.25) is 0 Å². The van der Waals surface area contributed by atoms with Gasteiger partial charge < -0.3 is 4.74 Å². The molecule has 6 nitrogen and oxygen atoms in total. The van der Waals surface area contributed by atoms with Gasteiger partial charge >= 0.3 is 5.97 Å². The Morgan fingerprint density at radius 1 is 0.795 bits per heavy atom. The number of ether oxygens (including phenoxy) is 1. The lowest BCUT2D eigenvalue weighted by atomic mass is 9.79. The molecule has 1 amide bonds. The van der Waals surface area contributed by atoms with E-state index in [0.29, 0.717) is 16.7 Å². The van der Waals surface area contributed by atoms with E-state index in [4.69, 9.17) is 4.74 Å². The lowest BCUT2D eigenvalue weighted by Crippen LogP contribution is -2.44. The average molecular weight is 538 g/mol. The van der Waals surface area contributed by atoms with E-state index in [0.717, 1.165) is 26.6 Å². The van der Waals surface area contributed by atoms with Crippen LogP contribution in [0, 0.1) is 6.92 Å². The molecule has 0 aliphatic carbocycles. The Hall–Kier alpha value is -4.49. The predicted molar refractivity (Wildman–Crippen MR) is 150 cm³/mol. The van der Waals surface area contributed by atoms with Crippen molar-refractivity contribution in [2.24, 2.45) is 0 Å². The molecule has 0 radical (unpaired) electrons. The third-order valence-corrected chi connectivity index (χ3v) is 8.66. The number of aryl methyl sites for hydroxylation is 1. The van der Waals surface area contributed by atoms with Gasteiger partial charge in [-0.15, -0.1) is 0 Å². The van der Waals surface area contributed by atoms with Crippen molar-refractivity contribution in [3.63, 3.8) is 0 Å². The van der Waals surface area contributed by atoms with Crippen LogP contribution in [0.4, 0.5) is 0 Å². The van der Waals surface area contributed by atoms with Crippen molar-refractivity contribution in [3.05, 3.63) is 137 Å². The summed E-state index contributed by atoms with van der Waals surface area (Å²) in [4.78, 5) is 26.3. The summed E-state index contributed by atoms with van der Waals surface area (Å²) in [7, 11) is -2.85. The van der Waals surface area contributed by atoms with Crippen LogP contribution in [0.2, 0.25) is 0 Å². The molecule has 39 heavy (non-hydrogen) atoms. The summed E-state index contributed by atoms with van der Waals surface area (Å²) in [6.45, 7) is 1.78.